The van der Waals surface area contributed by atoms with Gasteiger partial charge >= 0.3 is 17.9 Å². The SMILES string of the molecule is C=CC(=O)OCC.CCOC(=O)/C=C/c1cccc(S(=O)(=O)Nc2ccccc2)c1.Nc1ccccc1.O=C(/C=C/c1cccc(S(=O)(=O)Nc2ccccc2)c1)NO.O=C(O)/C=C/c1cccc(S(=O)(=O)Nc2ccccc2)c1.O=S(=O)(Cl)c1cccc(Br)c1.O=S(=O)(Nc1ccccc1)c1cccc(Br)c1. The molecule has 0 fully saturated rings. The van der Waals surface area contributed by atoms with E-state index >= 15 is 0 Å². The molecule has 0 atom stereocenters. The third-order valence-electron chi connectivity index (χ3n) is 12.7. The zero-order valence-electron chi connectivity index (χ0n) is 57.3. The van der Waals surface area contributed by atoms with Crippen molar-refractivity contribution in [3.8, 4) is 0 Å². The van der Waals surface area contributed by atoms with Crippen LogP contribution in [-0.2, 0) is 77.8 Å². The number of para-hydroxylation sites is 5. The van der Waals surface area contributed by atoms with Crippen LogP contribution >= 0.6 is 42.5 Å². The van der Waals surface area contributed by atoms with Crippen molar-refractivity contribution >= 4 is 162 Å². The minimum atomic E-state index is -3.71. The van der Waals surface area contributed by atoms with E-state index in [1.54, 1.807) is 202 Å². The number of carbonyl (C=O) groups excluding carboxylic acids is 3. The number of carboxylic acid groups (broad SMARTS) is 1. The van der Waals surface area contributed by atoms with Crippen LogP contribution in [0.15, 0.2) is 337 Å². The van der Waals surface area contributed by atoms with Crippen molar-refractivity contribution in [3.63, 3.8) is 0 Å². The number of ether oxygens (including phenoxy) is 2. The van der Waals surface area contributed by atoms with Gasteiger partial charge in [0.2, 0.25) is 0 Å². The lowest BCUT2D eigenvalue weighted by Crippen LogP contribution is -2.15. The Balaban J connectivity index is 0.000000276. The first-order chi connectivity index (χ1) is 51.3. The number of hydrogen-bond acceptors (Lipinski definition) is 18. The number of esters is 2. The molecule has 10 rings (SSSR count). The Hall–Kier alpha value is -11.0. The van der Waals surface area contributed by atoms with E-state index in [1.165, 1.54) is 78.3 Å². The molecule has 0 unspecified atom stereocenters. The molecule has 10 aromatic rings. The highest BCUT2D eigenvalue weighted by Crippen LogP contribution is 2.24. The van der Waals surface area contributed by atoms with Gasteiger partial charge in [-0.2, -0.15) is 0 Å². The van der Waals surface area contributed by atoms with Gasteiger partial charge in [-0.05, 0) is 182 Å². The topological polar surface area (TPSA) is 384 Å². The van der Waals surface area contributed by atoms with E-state index in [0.717, 1.165) is 28.4 Å². The van der Waals surface area contributed by atoms with E-state index in [0.29, 0.717) is 57.1 Å². The van der Waals surface area contributed by atoms with Crippen molar-refractivity contribution in [1.82, 2.24) is 5.48 Å². The van der Waals surface area contributed by atoms with Gasteiger partial charge in [-0.15, -0.1) is 0 Å². The molecule has 1 amide bonds. The maximum atomic E-state index is 12.4. The van der Waals surface area contributed by atoms with Gasteiger partial charge in [-0.25, -0.2) is 62.0 Å². The van der Waals surface area contributed by atoms with Crippen LogP contribution < -0.4 is 30.1 Å². The summed E-state index contributed by atoms with van der Waals surface area (Å²) in [7, 11) is -13.1. The number of hydroxylamine groups is 1. The van der Waals surface area contributed by atoms with Crippen molar-refractivity contribution < 1.29 is 81.1 Å². The summed E-state index contributed by atoms with van der Waals surface area (Å²) in [5, 5.41) is 17.0. The minimum Gasteiger partial charge on any atom is -0.478 e. The van der Waals surface area contributed by atoms with Crippen LogP contribution in [0.1, 0.15) is 30.5 Å². The quantitative estimate of drug-likeness (QED) is 0.00780. The molecule has 0 aromatic heterocycles. The Morgan fingerprint density at radius 3 is 0.963 bits per heavy atom. The largest absolute Gasteiger partial charge is 0.478 e. The van der Waals surface area contributed by atoms with Crippen LogP contribution in [0.2, 0.25) is 0 Å². The number of rotatable bonds is 22. The Morgan fingerprint density at radius 1 is 0.407 bits per heavy atom. The Kier molecular flexibility index (Phi) is 38.2. The second-order valence-corrected chi connectivity index (χ2v) is 32.0. The molecule has 0 saturated carbocycles. The van der Waals surface area contributed by atoms with Crippen LogP contribution in [0.4, 0.5) is 28.4 Å². The lowest BCUT2D eigenvalue weighted by Gasteiger charge is -2.08. The smallest absolute Gasteiger partial charge is 0.330 e. The fourth-order valence-electron chi connectivity index (χ4n) is 7.88. The Bertz CT molecular complexity index is 5260. The molecule has 566 valence electrons. The van der Waals surface area contributed by atoms with Gasteiger partial charge in [-0.3, -0.25) is 28.9 Å². The fourth-order valence-corrected chi connectivity index (χ4v) is 14.2. The summed E-state index contributed by atoms with van der Waals surface area (Å²) >= 11 is 6.38. The first-order valence-corrected chi connectivity index (χ1v) is 41.2. The number of nitrogens with two attached hydrogens (primary N) is 1. The molecular weight excluding hydrogens is 1640 g/mol. The van der Waals surface area contributed by atoms with Crippen LogP contribution in [0.25, 0.3) is 18.2 Å². The summed E-state index contributed by atoms with van der Waals surface area (Å²) in [5.41, 5.74) is 11.2. The molecule has 9 N–H and O–H groups in total. The molecule has 0 bridgehead atoms. The monoisotopic (exact) mass is 1710 g/mol. The van der Waals surface area contributed by atoms with E-state index in [-0.39, 0.29) is 30.4 Å². The summed E-state index contributed by atoms with van der Waals surface area (Å²) in [6.07, 6.45) is 8.70. The second-order valence-electron chi connectivity index (χ2n) is 20.9. The second kappa shape index (κ2) is 46.2. The molecular formula is C76H73Br2ClN6O18S5. The zero-order chi connectivity index (χ0) is 79.6. The molecule has 32 heteroatoms. The molecule has 0 aliphatic rings. The number of carboxylic acids is 1. The number of benzene rings is 10. The number of nitrogens with one attached hydrogen (secondary N) is 5. The summed E-state index contributed by atoms with van der Waals surface area (Å²) in [4.78, 5) is 43.4. The number of hydrogen-bond donors (Lipinski definition) is 8. The molecule has 0 radical (unpaired) electrons. The van der Waals surface area contributed by atoms with E-state index in [9.17, 15) is 61.3 Å². The van der Waals surface area contributed by atoms with E-state index in [4.69, 9.17) is 31.5 Å². The van der Waals surface area contributed by atoms with Crippen molar-refractivity contribution in [2.75, 3.05) is 37.8 Å². The van der Waals surface area contributed by atoms with Crippen LogP contribution in [-0.4, -0.2) is 89.4 Å². The van der Waals surface area contributed by atoms with Gasteiger partial charge in [0.25, 0.3) is 55.1 Å². The first kappa shape index (κ1) is 89.4. The van der Waals surface area contributed by atoms with Gasteiger partial charge in [-0.1, -0.05) is 178 Å². The van der Waals surface area contributed by atoms with Gasteiger partial charge in [0.15, 0.2) is 0 Å². The molecule has 24 nitrogen and oxygen atoms in total. The maximum absolute atomic E-state index is 12.4. The van der Waals surface area contributed by atoms with Crippen LogP contribution in [0.5, 0.6) is 0 Å². The lowest BCUT2D eigenvalue weighted by atomic mass is 10.2. The van der Waals surface area contributed by atoms with E-state index in [2.05, 4.69) is 62.1 Å². The maximum Gasteiger partial charge on any atom is 0.330 e. The zero-order valence-corrected chi connectivity index (χ0v) is 65.3. The third kappa shape index (κ3) is 35.4. The fraction of sp³-hybridized carbons (Fsp3) is 0.0526. The van der Waals surface area contributed by atoms with Crippen LogP contribution in [0, 0.1) is 0 Å². The molecule has 0 aliphatic heterocycles. The highest BCUT2D eigenvalue weighted by molar-refractivity contribution is 9.10. The number of amides is 1. The highest BCUT2D eigenvalue weighted by atomic mass is 79.9. The summed E-state index contributed by atoms with van der Waals surface area (Å²) in [5.74, 6) is -2.62. The highest BCUT2D eigenvalue weighted by Gasteiger charge is 2.18. The molecule has 0 spiro atoms. The van der Waals surface area contributed by atoms with Crippen molar-refractivity contribution in [3.05, 3.63) is 330 Å². The van der Waals surface area contributed by atoms with E-state index < -0.39 is 67.0 Å². The van der Waals surface area contributed by atoms with Crippen molar-refractivity contribution in [2.24, 2.45) is 0 Å². The summed E-state index contributed by atoms with van der Waals surface area (Å²) in [6, 6.07) is 75.2. The average molecular weight is 1710 g/mol. The normalized spacial score (nSPS) is 10.9. The lowest BCUT2D eigenvalue weighted by molar-refractivity contribution is -0.138. The van der Waals surface area contributed by atoms with Crippen LogP contribution in [0.3, 0.4) is 0 Å². The number of anilines is 5. The van der Waals surface area contributed by atoms with E-state index in [1.807, 2.05) is 36.4 Å². The molecule has 0 saturated heterocycles. The molecule has 0 aliphatic carbocycles. The number of aliphatic carboxylic acids is 1. The van der Waals surface area contributed by atoms with Gasteiger partial charge in [0.1, 0.15) is 0 Å². The van der Waals surface area contributed by atoms with Gasteiger partial charge < -0.3 is 20.3 Å². The number of halogens is 3. The Labute approximate surface area is 649 Å². The minimum absolute atomic E-state index is 0.0684. The molecule has 0 heterocycles. The predicted molar refractivity (Wildman–Crippen MR) is 429 cm³/mol. The van der Waals surface area contributed by atoms with Crippen molar-refractivity contribution in [1.29, 1.82) is 0 Å². The average Bonchev–Trinajstić information content (AvgIpc) is 0.845. The standard InChI is InChI=1S/C17H17NO4S.C15H14N2O4S.C15H13NO4S.C12H10BrNO2S.C6H4BrClO2S.C6H7N.C5H8O2/c1-2-22-17(19)12-11-14-7-6-10-16(13-14)23(20,21)18-15-8-4-3-5-9-15;18-15(16-19)10-9-12-5-4-8-14(11-12)22(20,21)17-13-6-2-1-3-7-13;17-15(18)10-9-12-5-4-8-14(11-12)21(19,20)16-13-6-2-1-3-7-13;13-10-5-4-8-12(9-10)17(15,16)14-11-6-2-1-3-7-11;7-5-2-1-3-6(4-5)11(8,9)10;7-6-4-2-1-3-5-6;1-3-5(6)7-4-2/h3-13,18H,2H2,1H3;1-11,17,19H,(H,16,18);1-11,16H,(H,17,18);1-9,14H;1-4H;1-5H,7H2;3H,1,4H2,2H3/b12-11+;2*10-9+;;;;. The van der Waals surface area contributed by atoms with Crippen molar-refractivity contribution in [2.45, 2.75) is 38.3 Å². The summed E-state index contributed by atoms with van der Waals surface area (Å²) in [6.45, 7) is 7.38. The first-order valence-electron chi connectivity index (χ1n) is 31.3. The number of sulfonamides is 4. The number of nitrogen functional groups attached to an aromatic ring is 1. The summed E-state index contributed by atoms with van der Waals surface area (Å²) < 4.78 is 140. The predicted octanol–water partition coefficient (Wildman–Crippen LogP) is 15.3. The Morgan fingerprint density at radius 2 is 0.694 bits per heavy atom. The third-order valence-corrected chi connectivity index (χ3v) is 20.6. The number of carbonyl (C=O) groups is 4. The molecule has 108 heavy (non-hydrogen) atoms. The van der Waals surface area contributed by atoms with Gasteiger partial charge in [0, 0.05) is 72.4 Å². The molecule has 10 aromatic carbocycles. The van der Waals surface area contributed by atoms with Gasteiger partial charge in [0.05, 0.1) is 37.7 Å².